The highest BCUT2D eigenvalue weighted by Gasteiger charge is 1.94. The lowest BCUT2D eigenvalue weighted by atomic mass is 10.2. The molecule has 0 saturated carbocycles. The standard InChI is InChI=1S/C11H10ClNO2/c1-8(14)13-10-5-2-9(3-6-10)4-7-11(12)15/h2-7H,1H3,(H,13,14). The van der Waals surface area contributed by atoms with Crippen LogP contribution < -0.4 is 5.32 Å². The van der Waals surface area contributed by atoms with Crippen LogP contribution in [-0.2, 0) is 9.59 Å². The molecule has 0 aliphatic rings. The largest absolute Gasteiger partial charge is 0.326 e. The van der Waals surface area contributed by atoms with Gasteiger partial charge >= 0.3 is 0 Å². The molecule has 3 nitrogen and oxygen atoms in total. The van der Waals surface area contributed by atoms with Crippen LogP contribution in [0.1, 0.15) is 12.5 Å². The first-order chi connectivity index (χ1) is 7.08. The highest BCUT2D eigenvalue weighted by Crippen LogP contribution is 2.10. The molecule has 1 aromatic rings. The van der Waals surface area contributed by atoms with Gasteiger partial charge < -0.3 is 5.32 Å². The molecule has 0 bridgehead atoms. The highest BCUT2D eigenvalue weighted by atomic mass is 35.5. The first-order valence-corrected chi connectivity index (χ1v) is 4.71. The van der Waals surface area contributed by atoms with Gasteiger partial charge in [-0.2, -0.15) is 0 Å². The van der Waals surface area contributed by atoms with Crippen molar-refractivity contribution in [2.45, 2.75) is 6.92 Å². The predicted octanol–water partition coefficient (Wildman–Crippen LogP) is 2.42. The number of amides is 1. The van der Waals surface area contributed by atoms with Gasteiger partial charge in [0.1, 0.15) is 0 Å². The molecule has 1 N–H and O–H groups in total. The Kier molecular flexibility index (Phi) is 4.06. The summed E-state index contributed by atoms with van der Waals surface area (Å²) >= 11 is 5.15. The average Bonchev–Trinajstić information content (AvgIpc) is 2.16. The van der Waals surface area contributed by atoms with Crippen molar-refractivity contribution in [2.24, 2.45) is 0 Å². The Morgan fingerprint density at radius 3 is 2.33 bits per heavy atom. The smallest absolute Gasteiger partial charge is 0.245 e. The van der Waals surface area contributed by atoms with Crippen molar-refractivity contribution >= 4 is 34.5 Å². The Bertz CT molecular complexity index is 396. The minimum Gasteiger partial charge on any atom is -0.326 e. The summed E-state index contributed by atoms with van der Waals surface area (Å²) in [7, 11) is 0. The molecule has 1 rings (SSSR count). The van der Waals surface area contributed by atoms with E-state index >= 15 is 0 Å². The summed E-state index contributed by atoms with van der Waals surface area (Å²) in [4.78, 5) is 21.2. The van der Waals surface area contributed by atoms with E-state index in [4.69, 9.17) is 11.6 Å². The first kappa shape index (κ1) is 11.5. The second kappa shape index (κ2) is 5.32. The Labute approximate surface area is 92.7 Å². The van der Waals surface area contributed by atoms with Crippen LogP contribution in [0.2, 0.25) is 0 Å². The molecule has 0 fully saturated rings. The van der Waals surface area contributed by atoms with Crippen LogP contribution in [0.3, 0.4) is 0 Å². The molecule has 0 heterocycles. The lowest BCUT2D eigenvalue weighted by Gasteiger charge is -2.01. The molecule has 0 aliphatic carbocycles. The summed E-state index contributed by atoms with van der Waals surface area (Å²) in [5, 5.41) is 2.13. The van der Waals surface area contributed by atoms with Crippen LogP contribution in [0, 0.1) is 0 Å². The van der Waals surface area contributed by atoms with Crippen LogP contribution >= 0.6 is 11.6 Å². The molecular formula is C11H10ClNO2. The molecule has 78 valence electrons. The number of hydrogen-bond donors (Lipinski definition) is 1. The summed E-state index contributed by atoms with van der Waals surface area (Å²) < 4.78 is 0. The molecule has 15 heavy (non-hydrogen) atoms. The van der Waals surface area contributed by atoms with Gasteiger partial charge in [0.05, 0.1) is 0 Å². The molecule has 0 spiro atoms. The van der Waals surface area contributed by atoms with Crippen molar-refractivity contribution in [3.8, 4) is 0 Å². The second-order valence-corrected chi connectivity index (χ2v) is 3.31. The van der Waals surface area contributed by atoms with Crippen LogP contribution in [0.4, 0.5) is 5.69 Å². The molecular weight excluding hydrogens is 214 g/mol. The van der Waals surface area contributed by atoms with Gasteiger partial charge in [0.2, 0.25) is 11.1 Å². The van der Waals surface area contributed by atoms with E-state index < -0.39 is 5.24 Å². The number of rotatable bonds is 3. The topological polar surface area (TPSA) is 46.2 Å². The summed E-state index contributed by atoms with van der Waals surface area (Å²) in [6.07, 6.45) is 2.88. The number of hydrogen-bond acceptors (Lipinski definition) is 2. The van der Waals surface area contributed by atoms with Gasteiger partial charge in [-0.1, -0.05) is 18.2 Å². The van der Waals surface area contributed by atoms with E-state index in [1.807, 2.05) is 0 Å². The van der Waals surface area contributed by atoms with Crippen molar-refractivity contribution in [2.75, 3.05) is 5.32 Å². The molecule has 0 atom stereocenters. The first-order valence-electron chi connectivity index (χ1n) is 4.33. The lowest BCUT2D eigenvalue weighted by molar-refractivity contribution is -0.114. The van der Waals surface area contributed by atoms with Crippen LogP contribution in [0.5, 0.6) is 0 Å². The molecule has 0 saturated heterocycles. The van der Waals surface area contributed by atoms with Crippen molar-refractivity contribution in [3.05, 3.63) is 35.9 Å². The van der Waals surface area contributed by atoms with E-state index in [2.05, 4.69) is 5.32 Å². The summed E-state index contributed by atoms with van der Waals surface area (Å²) in [5.41, 5.74) is 1.56. The fourth-order valence-corrected chi connectivity index (χ4v) is 1.11. The number of carbonyl (C=O) groups is 2. The summed E-state index contributed by atoms with van der Waals surface area (Å²) in [5.74, 6) is -0.116. The number of nitrogens with one attached hydrogen (secondary N) is 1. The van der Waals surface area contributed by atoms with E-state index in [9.17, 15) is 9.59 Å². The normalized spacial score (nSPS) is 10.3. The molecule has 0 aromatic heterocycles. The number of halogens is 1. The Hall–Kier alpha value is -1.61. The van der Waals surface area contributed by atoms with E-state index in [1.54, 1.807) is 30.3 Å². The number of allylic oxidation sites excluding steroid dienone is 1. The fraction of sp³-hybridized carbons (Fsp3) is 0.0909. The molecule has 1 aromatic carbocycles. The monoisotopic (exact) mass is 223 g/mol. The maximum absolute atomic E-state index is 10.7. The van der Waals surface area contributed by atoms with Gasteiger partial charge in [-0.05, 0) is 35.4 Å². The second-order valence-electron chi connectivity index (χ2n) is 2.94. The maximum atomic E-state index is 10.7. The van der Waals surface area contributed by atoms with E-state index in [0.29, 0.717) is 0 Å². The van der Waals surface area contributed by atoms with E-state index in [1.165, 1.54) is 13.0 Å². The third-order valence-corrected chi connectivity index (χ3v) is 1.76. The zero-order chi connectivity index (χ0) is 11.3. The highest BCUT2D eigenvalue weighted by molar-refractivity contribution is 6.66. The third kappa shape index (κ3) is 4.42. The van der Waals surface area contributed by atoms with Crippen LogP contribution in [0.15, 0.2) is 30.3 Å². The number of carbonyl (C=O) groups excluding carboxylic acids is 2. The van der Waals surface area contributed by atoms with Crippen molar-refractivity contribution in [1.29, 1.82) is 0 Å². The van der Waals surface area contributed by atoms with Gasteiger partial charge in [-0.15, -0.1) is 0 Å². The van der Waals surface area contributed by atoms with Crippen LogP contribution in [-0.4, -0.2) is 11.1 Å². The average molecular weight is 224 g/mol. The van der Waals surface area contributed by atoms with E-state index in [0.717, 1.165) is 11.3 Å². The molecule has 0 aliphatic heterocycles. The van der Waals surface area contributed by atoms with E-state index in [-0.39, 0.29) is 5.91 Å². The van der Waals surface area contributed by atoms with Crippen molar-refractivity contribution in [1.82, 2.24) is 0 Å². The number of benzene rings is 1. The predicted molar refractivity (Wildman–Crippen MR) is 60.6 cm³/mol. The maximum Gasteiger partial charge on any atom is 0.245 e. The van der Waals surface area contributed by atoms with Crippen LogP contribution in [0.25, 0.3) is 6.08 Å². The molecule has 0 radical (unpaired) electrons. The minimum atomic E-state index is -0.513. The summed E-state index contributed by atoms with van der Waals surface area (Å²) in [6, 6.07) is 7.06. The van der Waals surface area contributed by atoms with Gasteiger partial charge in [-0.25, -0.2) is 0 Å². The SMILES string of the molecule is CC(=O)Nc1ccc(C=CC(=O)Cl)cc1. The van der Waals surface area contributed by atoms with Gasteiger partial charge in [-0.3, -0.25) is 9.59 Å². The quantitative estimate of drug-likeness (QED) is 0.632. The number of anilines is 1. The lowest BCUT2D eigenvalue weighted by Crippen LogP contribution is -2.05. The third-order valence-electron chi connectivity index (χ3n) is 1.64. The Balaban J connectivity index is 2.72. The fourth-order valence-electron chi connectivity index (χ4n) is 1.04. The minimum absolute atomic E-state index is 0.116. The zero-order valence-electron chi connectivity index (χ0n) is 8.16. The van der Waals surface area contributed by atoms with Gasteiger partial charge in [0.25, 0.3) is 0 Å². The summed E-state index contributed by atoms with van der Waals surface area (Å²) in [6.45, 7) is 1.44. The van der Waals surface area contributed by atoms with Crippen molar-refractivity contribution < 1.29 is 9.59 Å². The van der Waals surface area contributed by atoms with Gasteiger partial charge in [0.15, 0.2) is 0 Å². The molecule has 1 amide bonds. The Morgan fingerprint density at radius 1 is 1.27 bits per heavy atom. The molecule has 0 unspecified atom stereocenters. The Morgan fingerprint density at radius 2 is 1.87 bits per heavy atom. The zero-order valence-corrected chi connectivity index (χ0v) is 8.91. The molecule has 4 heteroatoms. The van der Waals surface area contributed by atoms with Crippen molar-refractivity contribution in [3.63, 3.8) is 0 Å². The van der Waals surface area contributed by atoms with Gasteiger partial charge in [0, 0.05) is 12.6 Å².